The number of furan rings is 1. The second kappa shape index (κ2) is 5.89. The van der Waals surface area contributed by atoms with Gasteiger partial charge in [-0.2, -0.15) is 0 Å². The van der Waals surface area contributed by atoms with Crippen LogP contribution >= 0.6 is 11.3 Å². The second-order valence-electron chi connectivity index (χ2n) is 3.41. The van der Waals surface area contributed by atoms with Crippen molar-refractivity contribution in [2.45, 2.75) is 0 Å². The molecule has 19 heavy (non-hydrogen) atoms. The Morgan fingerprint density at radius 2 is 2.32 bits per heavy atom. The lowest BCUT2D eigenvalue weighted by atomic mass is 10.3. The topological polar surface area (TPSA) is 68.5 Å². The molecule has 96 valence electrons. The highest BCUT2D eigenvalue weighted by Gasteiger charge is 2.17. The maximum atomic E-state index is 11.8. The largest absolute Gasteiger partial charge is 0.472 e. The van der Waals surface area contributed by atoms with Gasteiger partial charge in [-0.05, 0) is 17.5 Å². The molecule has 0 radical (unpaired) electrons. The lowest BCUT2D eigenvalue weighted by Crippen LogP contribution is -2.13. The van der Waals surface area contributed by atoms with Gasteiger partial charge in [-0.1, -0.05) is 5.92 Å². The summed E-state index contributed by atoms with van der Waals surface area (Å²) < 4.78 is 9.63. The molecule has 2 aromatic heterocycles. The van der Waals surface area contributed by atoms with E-state index in [-0.39, 0.29) is 12.5 Å². The van der Waals surface area contributed by atoms with Crippen LogP contribution in [0.25, 0.3) is 0 Å². The van der Waals surface area contributed by atoms with Crippen LogP contribution in [0.1, 0.15) is 20.0 Å². The van der Waals surface area contributed by atoms with Gasteiger partial charge in [0.25, 0.3) is 5.91 Å². The van der Waals surface area contributed by atoms with Crippen molar-refractivity contribution in [2.24, 2.45) is 0 Å². The summed E-state index contributed by atoms with van der Waals surface area (Å²) in [5.74, 6) is 1.28. The van der Waals surface area contributed by atoms with E-state index in [9.17, 15) is 9.59 Å². The zero-order valence-corrected chi connectivity index (χ0v) is 10.5. The van der Waals surface area contributed by atoms with Crippen LogP contribution in [0, 0.1) is 12.3 Å². The number of terminal acetylenes is 1. The van der Waals surface area contributed by atoms with E-state index >= 15 is 0 Å². The Kier molecular flexibility index (Phi) is 4.00. The SMILES string of the molecule is C#CCOC(=O)c1sccc1NC(=O)c1ccoc1. The van der Waals surface area contributed by atoms with Crippen LogP contribution in [-0.2, 0) is 4.74 Å². The molecule has 2 heterocycles. The van der Waals surface area contributed by atoms with Gasteiger partial charge in [0.1, 0.15) is 11.1 Å². The van der Waals surface area contributed by atoms with E-state index in [1.807, 2.05) is 0 Å². The van der Waals surface area contributed by atoms with Gasteiger partial charge in [0, 0.05) is 0 Å². The van der Waals surface area contributed by atoms with E-state index in [0.29, 0.717) is 16.1 Å². The van der Waals surface area contributed by atoms with E-state index in [2.05, 4.69) is 11.2 Å². The molecule has 0 aromatic carbocycles. The molecule has 0 aliphatic heterocycles. The fourth-order valence-corrected chi connectivity index (χ4v) is 2.07. The quantitative estimate of drug-likeness (QED) is 0.687. The Morgan fingerprint density at radius 3 is 3.00 bits per heavy atom. The van der Waals surface area contributed by atoms with Crippen molar-refractivity contribution in [3.05, 3.63) is 40.5 Å². The number of anilines is 1. The van der Waals surface area contributed by atoms with E-state index in [0.717, 1.165) is 0 Å². The number of hydrogen-bond donors (Lipinski definition) is 1. The van der Waals surface area contributed by atoms with Crippen LogP contribution < -0.4 is 5.32 Å². The number of esters is 1. The molecular formula is C13H9NO4S. The van der Waals surface area contributed by atoms with Gasteiger partial charge in [0.2, 0.25) is 0 Å². The Labute approximate surface area is 113 Å². The van der Waals surface area contributed by atoms with E-state index in [1.54, 1.807) is 11.4 Å². The lowest BCUT2D eigenvalue weighted by Gasteiger charge is -2.04. The summed E-state index contributed by atoms with van der Waals surface area (Å²) in [6, 6.07) is 3.15. The number of carbonyl (C=O) groups excluding carboxylic acids is 2. The number of nitrogens with one attached hydrogen (secondary N) is 1. The molecule has 2 rings (SSSR count). The molecule has 0 bridgehead atoms. The summed E-state index contributed by atoms with van der Waals surface area (Å²) in [7, 11) is 0. The molecule has 0 spiro atoms. The van der Waals surface area contributed by atoms with Crippen LogP contribution in [0.5, 0.6) is 0 Å². The van der Waals surface area contributed by atoms with Crippen molar-refractivity contribution in [1.29, 1.82) is 0 Å². The predicted molar refractivity (Wildman–Crippen MR) is 70.1 cm³/mol. The summed E-state index contributed by atoms with van der Waals surface area (Å²) >= 11 is 1.17. The molecule has 0 unspecified atom stereocenters. The molecule has 0 fully saturated rings. The zero-order chi connectivity index (χ0) is 13.7. The molecule has 2 aromatic rings. The van der Waals surface area contributed by atoms with Crippen molar-refractivity contribution in [3.63, 3.8) is 0 Å². The van der Waals surface area contributed by atoms with Crippen LogP contribution in [0.15, 0.2) is 34.5 Å². The minimum Gasteiger partial charge on any atom is -0.472 e. The average molecular weight is 275 g/mol. The average Bonchev–Trinajstić information content (AvgIpc) is 3.06. The van der Waals surface area contributed by atoms with Gasteiger partial charge in [-0.25, -0.2) is 4.79 Å². The van der Waals surface area contributed by atoms with Gasteiger partial charge in [0.15, 0.2) is 6.61 Å². The molecule has 6 heteroatoms. The van der Waals surface area contributed by atoms with Gasteiger partial charge in [-0.15, -0.1) is 17.8 Å². The first-order chi connectivity index (χ1) is 9.22. The molecule has 5 nitrogen and oxygen atoms in total. The second-order valence-corrected chi connectivity index (χ2v) is 4.33. The summed E-state index contributed by atoms with van der Waals surface area (Å²) in [6.45, 7) is -0.105. The van der Waals surface area contributed by atoms with E-state index < -0.39 is 5.97 Å². The summed E-state index contributed by atoms with van der Waals surface area (Å²) in [6.07, 6.45) is 7.72. The number of amides is 1. The predicted octanol–water partition coefficient (Wildman–Crippen LogP) is 2.38. The van der Waals surface area contributed by atoms with Gasteiger partial charge in [-0.3, -0.25) is 4.79 Å². The van der Waals surface area contributed by atoms with Crippen molar-refractivity contribution in [3.8, 4) is 12.3 Å². The first kappa shape index (κ1) is 12.9. The molecule has 0 saturated carbocycles. The van der Waals surface area contributed by atoms with E-state index in [4.69, 9.17) is 15.6 Å². The normalized spacial score (nSPS) is 9.63. The minimum absolute atomic E-state index is 0.105. The van der Waals surface area contributed by atoms with Crippen molar-refractivity contribution >= 4 is 28.9 Å². The molecule has 0 aliphatic carbocycles. The van der Waals surface area contributed by atoms with Crippen LogP contribution in [-0.4, -0.2) is 18.5 Å². The number of ether oxygens (including phenoxy) is 1. The molecule has 0 atom stereocenters. The summed E-state index contributed by atoms with van der Waals surface area (Å²) in [5, 5.41) is 4.29. The first-order valence-corrected chi connectivity index (χ1v) is 6.12. The zero-order valence-electron chi connectivity index (χ0n) is 9.71. The van der Waals surface area contributed by atoms with Crippen LogP contribution in [0.2, 0.25) is 0 Å². The Morgan fingerprint density at radius 1 is 1.47 bits per heavy atom. The number of carbonyl (C=O) groups is 2. The maximum absolute atomic E-state index is 11.8. The van der Waals surface area contributed by atoms with Crippen molar-refractivity contribution in [1.82, 2.24) is 0 Å². The smallest absolute Gasteiger partial charge is 0.351 e. The standard InChI is InChI=1S/C13H9NO4S/c1-2-5-18-13(16)11-10(4-7-19-11)14-12(15)9-3-6-17-8-9/h1,3-4,6-8H,5H2,(H,14,15). The molecule has 0 saturated heterocycles. The summed E-state index contributed by atoms with van der Waals surface area (Å²) in [5.41, 5.74) is 0.757. The summed E-state index contributed by atoms with van der Waals surface area (Å²) in [4.78, 5) is 23.8. The number of rotatable bonds is 4. The van der Waals surface area contributed by atoms with Crippen molar-refractivity contribution < 1.29 is 18.7 Å². The highest BCUT2D eigenvalue weighted by atomic mass is 32.1. The van der Waals surface area contributed by atoms with Crippen LogP contribution in [0.3, 0.4) is 0 Å². The fourth-order valence-electron chi connectivity index (χ4n) is 1.33. The van der Waals surface area contributed by atoms with Gasteiger partial charge >= 0.3 is 5.97 Å². The third-order valence-electron chi connectivity index (χ3n) is 2.17. The first-order valence-electron chi connectivity index (χ1n) is 5.24. The van der Waals surface area contributed by atoms with E-state index in [1.165, 1.54) is 29.9 Å². The fraction of sp³-hybridized carbons (Fsp3) is 0.0769. The number of thiophene rings is 1. The Bertz CT molecular complexity index is 621. The lowest BCUT2D eigenvalue weighted by molar-refractivity contribution is 0.0563. The van der Waals surface area contributed by atoms with Gasteiger partial charge in [0.05, 0.1) is 17.5 Å². The van der Waals surface area contributed by atoms with Gasteiger partial charge < -0.3 is 14.5 Å². The number of hydrogen-bond acceptors (Lipinski definition) is 5. The van der Waals surface area contributed by atoms with Crippen LogP contribution in [0.4, 0.5) is 5.69 Å². The monoisotopic (exact) mass is 275 g/mol. The molecule has 1 N–H and O–H groups in total. The Balaban J connectivity index is 2.10. The molecule has 0 aliphatic rings. The molecule has 1 amide bonds. The highest BCUT2D eigenvalue weighted by Crippen LogP contribution is 2.23. The minimum atomic E-state index is -0.560. The maximum Gasteiger partial charge on any atom is 0.351 e. The third kappa shape index (κ3) is 3.03. The van der Waals surface area contributed by atoms with Crippen molar-refractivity contribution in [2.75, 3.05) is 11.9 Å². The highest BCUT2D eigenvalue weighted by molar-refractivity contribution is 7.12. The Hall–Kier alpha value is -2.52. The molecular weight excluding hydrogens is 266 g/mol. The third-order valence-corrected chi connectivity index (χ3v) is 3.06.